The molecule has 2 saturated carbocycles. The van der Waals surface area contributed by atoms with Crippen molar-refractivity contribution in [3.63, 3.8) is 0 Å². The highest BCUT2D eigenvalue weighted by Gasteiger charge is 2.30. The third-order valence-corrected chi connectivity index (χ3v) is 6.43. The summed E-state index contributed by atoms with van der Waals surface area (Å²) >= 11 is 2.05. The molecular formula is C18H29NS. The fourth-order valence-electron chi connectivity index (χ4n) is 3.67. The Kier molecular flexibility index (Phi) is 4.83. The molecule has 2 fully saturated rings. The van der Waals surface area contributed by atoms with Gasteiger partial charge in [0, 0.05) is 15.8 Å². The van der Waals surface area contributed by atoms with Crippen molar-refractivity contribution in [1.29, 1.82) is 0 Å². The summed E-state index contributed by atoms with van der Waals surface area (Å²) in [4.78, 5) is 3.17. The maximum atomic E-state index is 3.78. The molecule has 3 rings (SSSR count). The largest absolute Gasteiger partial charge is 0.314 e. The van der Waals surface area contributed by atoms with Crippen LogP contribution in [0, 0.1) is 17.8 Å². The standard InChI is InChI=1S/C18H29NS/c1-3-17-8-9-18(20-17)11-15-10-13(2)4-5-14(15)12-19-16-6-7-16/h8-9,13-16,19H,3-7,10-12H2,1-2H3. The molecule has 0 radical (unpaired) electrons. The van der Waals surface area contributed by atoms with Gasteiger partial charge in [-0.05, 0) is 75.0 Å². The van der Waals surface area contributed by atoms with Crippen molar-refractivity contribution in [2.75, 3.05) is 6.54 Å². The van der Waals surface area contributed by atoms with E-state index in [1.54, 1.807) is 9.75 Å². The fraction of sp³-hybridized carbons (Fsp3) is 0.778. The Hall–Kier alpha value is -0.340. The van der Waals surface area contributed by atoms with Crippen LogP contribution in [0.4, 0.5) is 0 Å². The van der Waals surface area contributed by atoms with Crippen LogP contribution >= 0.6 is 11.3 Å². The predicted molar refractivity (Wildman–Crippen MR) is 88.4 cm³/mol. The third-order valence-electron chi connectivity index (χ3n) is 5.18. The highest BCUT2D eigenvalue weighted by atomic mass is 32.1. The molecule has 20 heavy (non-hydrogen) atoms. The average Bonchev–Trinajstić information content (AvgIpc) is 3.16. The van der Waals surface area contributed by atoms with E-state index in [9.17, 15) is 0 Å². The molecule has 0 aromatic carbocycles. The van der Waals surface area contributed by atoms with Crippen molar-refractivity contribution in [2.45, 2.75) is 64.8 Å². The van der Waals surface area contributed by atoms with Gasteiger partial charge in [-0.2, -0.15) is 0 Å². The molecular weight excluding hydrogens is 262 g/mol. The van der Waals surface area contributed by atoms with E-state index in [0.717, 1.165) is 23.8 Å². The monoisotopic (exact) mass is 291 g/mol. The summed E-state index contributed by atoms with van der Waals surface area (Å²) in [5.74, 6) is 2.76. The number of nitrogens with one attached hydrogen (secondary N) is 1. The molecule has 1 nitrogen and oxygen atoms in total. The van der Waals surface area contributed by atoms with Crippen LogP contribution in [0.1, 0.15) is 55.7 Å². The van der Waals surface area contributed by atoms with Crippen molar-refractivity contribution < 1.29 is 0 Å². The summed E-state index contributed by atoms with van der Waals surface area (Å²) < 4.78 is 0. The topological polar surface area (TPSA) is 12.0 Å². The molecule has 0 spiro atoms. The second-order valence-corrected chi connectivity index (χ2v) is 8.30. The van der Waals surface area contributed by atoms with Gasteiger partial charge >= 0.3 is 0 Å². The first-order valence-corrected chi connectivity index (χ1v) is 9.37. The maximum Gasteiger partial charge on any atom is 0.00683 e. The summed E-state index contributed by atoms with van der Waals surface area (Å²) in [7, 11) is 0. The van der Waals surface area contributed by atoms with Gasteiger partial charge in [0.1, 0.15) is 0 Å². The number of rotatable bonds is 6. The minimum atomic E-state index is 0.864. The molecule has 0 saturated heterocycles. The molecule has 1 N–H and O–H groups in total. The molecule has 0 bridgehead atoms. The van der Waals surface area contributed by atoms with Crippen LogP contribution in [0.25, 0.3) is 0 Å². The number of hydrogen-bond donors (Lipinski definition) is 1. The lowest BCUT2D eigenvalue weighted by molar-refractivity contribution is 0.184. The van der Waals surface area contributed by atoms with Crippen LogP contribution in [0.5, 0.6) is 0 Å². The highest BCUT2D eigenvalue weighted by molar-refractivity contribution is 7.11. The van der Waals surface area contributed by atoms with Crippen LogP contribution in [0.2, 0.25) is 0 Å². The smallest absolute Gasteiger partial charge is 0.00683 e. The van der Waals surface area contributed by atoms with E-state index in [4.69, 9.17) is 0 Å². The summed E-state index contributed by atoms with van der Waals surface area (Å²) in [5.41, 5.74) is 0. The Morgan fingerprint density at radius 3 is 2.60 bits per heavy atom. The minimum absolute atomic E-state index is 0.864. The van der Waals surface area contributed by atoms with Crippen LogP contribution in [-0.4, -0.2) is 12.6 Å². The van der Waals surface area contributed by atoms with Crippen LogP contribution < -0.4 is 5.32 Å². The van der Waals surface area contributed by atoms with E-state index < -0.39 is 0 Å². The Bertz CT molecular complexity index is 421. The maximum absolute atomic E-state index is 3.78. The van der Waals surface area contributed by atoms with Crippen LogP contribution in [-0.2, 0) is 12.8 Å². The lowest BCUT2D eigenvalue weighted by atomic mass is 9.73. The van der Waals surface area contributed by atoms with E-state index in [2.05, 4.69) is 31.3 Å². The molecule has 1 heterocycles. The third kappa shape index (κ3) is 3.85. The van der Waals surface area contributed by atoms with Gasteiger partial charge in [0.25, 0.3) is 0 Å². The quantitative estimate of drug-likeness (QED) is 0.804. The zero-order valence-electron chi connectivity index (χ0n) is 13.0. The molecule has 2 aliphatic carbocycles. The zero-order chi connectivity index (χ0) is 13.9. The van der Waals surface area contributed by atoms with Crippen molar-refractivity contribution in [3.8, 4) is 0 Å². The summed E-state index contributed by atoms with van der Waals surface area (Å²) in [6, 6.07) is 5.58. The first kappa shape index (κ1) is 14.6. The average molecular weight is 292 g/mol. The Labute approximate surface area is 128 Å². The van der Waals surface area contributed by atoms with E-state index in [-0.39, 0.29) is 0 Å². The highest BCUT2D eigenvalue weighted by Crippen LogP contribution is 2.37. The first-order valence-electron chi connectivity index (χ1n) is 8.55. The van der Waals surface area contributed by atoms with E-state index >= 15 is 0 Å². The molecule has 2 heteroatoms. The zero-order valence-corrected chi connectivity index (χ0v) is 13.8. The van der Waals surface area contributed by atoms with Gasteiger partial charge < -0.3 is 5.32 Å². The lowest BCUT2D eigenvalue weighted by Crippen LogP contribution is -2.34. The first-order chi connectivity index (χ1) is 9.74. The Balaban J connectivity index is 1.59. The molecule has 112 valence electrons. The van der Waals surface area contributed by atoms with Gasteiger partial charge in [-0.15, -0.1) is 11.3 Å². The number of thiophene rings is 1. The second-order valence-electron chi connectivity index (χ2n) is 7.05. The molecule has 1 aromatic heterocycles. The molecule has 0 aliphatic heterocycles. The minimum Gasteiger partial charge on any atom is -0.314 e. The fourth-order valence-corrected chi connectivity index (χ4v) is 4.72. The van der Waals surface area contributed by atoms with Crippen molar-refractivity contribution in [2.24, 2.45) is 17.8 Å². The lowest BCUT2D eigenvalue weighted by Gasteiger charge is -2.35. The summed E-state index contributed by atoms with van der Waals surface area (Å²) in [5, 5.41) is 3.78. The molecule has 1 aromatic rings. The second kappa shape index (κ2) is 6.62. The van der Waals surface area contributed by atoms with Crippen LogP contribution in [0.15, 0.2) is 12.1 Å². The predicted octanol–water partition coefficient (Wildman–Crippen LogP) is 4.66. The number of aryl methyl sites for hydroxylation is 1. The van der Waals surface area contributed by atoms with Gasteiger partial charge in [0.2, 0.25) is 0 Å². The normalized spacial score (nSPS) is 30.6. The van der Waals surface area contributed by atoms with Crippen molar-refractivity contribution in [3.05, 3.63) is 21.9 Å². The molecule has 3 unspecified atom stereocenters. The van der Waals surface area contributed by atoms with Crippen molar-refractivity contribution >= 4 is 11.3 Å². The van der Waals surface area contributed by atoms with Gasteiger partial charge in [0.15, 0.2) is 0 Å². The molecule has 2 aliphatic rings. The van der Waals surface area contributed by atoms with E-state index in [1.165, 1.54) is 51.5 Å². The molecule has 0 amide bonds. The van der Waals surface area contributed by atoms with E-state index in [0.29, 0.717) is 0 Å². The van der Waals surface area contributed by atoms with Crippen molar-refractivity contribution in [1.82, 2.24) is 5.32 Å². The van der Waals surface area contributed by atoms with E-state index in [1.807, 2.05) is 11.3 Å². The SMILES string of the molecule is CCc1ccc(CC2CC(C)CCC2CNC2CC2)s1. The Morgan fingerprint density at radius 1 is 1.10 bits per heavy atom. The number of hydrogen-bond acceptors (Lipinski definition) is 2. The van der Waals surface area contributed by atoms with Crippen LogP contribution in [0.3, 0.4) is 0 Å². The van der Waals surface area contributed by atoms with Gasteiger partial charge in [-0.1, -0.05) is 20.3 Å². The Morgan fingerprint density at radius 2 is 1.90 bits per heavy atom. The van der Waals surface area contributed by atoms with Gasteiger partial charge in [0.05, 0.1) is 0 Å². The summed E-state index contributed by atoms with van der Waals surface area (Å²) in [6.07, 6.45) is 9.67. The molecule has 3 atom stereocenters. The van der Waals surface area contributed by atoms with Gasteiger partial charge in [-0.25, -0.2) is 0 Å². The van der Waals surface area contributed by atoms with Gasteiger partial charge in [-0.3, -0.25) is 0 Å². The summed E-state index contributed by atoms with van der Waals surface area (Å²) in [6.45, 7) is 5.98.